The molecular weight excluding hydrogens is 206 g/mol. The quantitative estimate of drug-likeness (QED) is 0.785. The third-order valence-electron chi connectivity index (χ3n) is 2.08. The highest BCUT2D eigenvalue weighted by molar-refractivity contribution is 5.66. The van der Waals surface area contributed by atoms with E-state index in [1.54, 1.807) is 18.3 Å². The number of anilines is 1. The highest BCUT2D eigenvalue weighted by Crippen LogP contribution is 2.09. The van der Waals surface area contributed by atoms with Gasteiger partial charge in [-0.05, 0) is 25.5 Å². The van der Waals surface area contributed by atoms with Gasteiger partial charge in [0.05, 0.1) is 11.9 Å². The summed E-state index contributed by atoms with van der Waals surface area (Å²) >= 11 is 0. The number of rotatable bonds is 5. The molecule has 2 N–H and O–H groups in total. The predicted molar refractivity (Wildman–Crippen MR) is 58.9 cm³/mol. The molecule has 1 unspecified atom stereocenters. The molecule has 16 heavy (non-hydrogen) atoms. The molecule has 1 aromatic rings. The number of nitriles is 1. The summed E-state index contributed by atoms with van der Waals surface area (Å²) in [5, 5.41) is 20.2. The zero-order valence-electron chi connectivity index (χ0n) is 8.97. The Hall–Kier alpha value is -2.09. The predicted octanol–water partition coefficient (Wildman–Crippen LogP) is 1.62. The van der Waals surface area contributed by atoms with E-state index >= 15 is 0 Å². The number of aliphatic carboxylic acids is 1. The SMILES string of the molecule is CC(CCC(=O)O)Nc1ccc(C#N)nc1. The maximum absolute atomic E-state index is 10.4. The molecule has 0 spiro atoms. The van der Waals surface area contributed by atoms with Crippen molar-refractivity contribution in [3.05, 3.63) is 24.0 Å². The summed E-state index contributed by atoms with van der Waals surface area (Å²) in [5.74, 6) is -0.799. The monoisotopic (exact) mass is 219 g/mol. The number of hydrogen-bond donors (Lipinski definition) is 2. The van der Waals surface area contributed by atoms with E-state index in [1.165, 1.54) is 0 Å². The number of nitrogens with zero attached hydrogens (tertiary/aromatic N) is 2. The molecule has 84 valence electrons. The molecule has 0 fully saturated rings. The molecule has 0 saturated carbocycles. The fraction of sp³-hybridized carbons (Fsp3) is 0.364. The van der Waals surface area contributed by atoms with Gasteiger partial charge in [0.15, 0.2) is 0 Å². The third-order valence-corrected chi connectivity index (χ3v) is 2.08. The van der Waals surface area contributed by atoms with E-state index < -0.39 is 5.97 Å². The number of pyridine rings is 1. The second-order valence-electron chi connectivity index (χ2n) is 3.52. The molecule has 5 heteroatoms. The molecule has 0 aliphatic carbocycles. The number of carboxylic acids is 1. The Morgan fingerprint density at radius 2 is 2.44 bits per heavy atom. The van der Waals surface area contributed by atoms with Crippen LogP contribution in [-0.2, 0) is 4.79 Å². The van der Waals surface area contributed by atoms with Crippen molar-refractivity contribution in [3.8, 4) is 6.07 Å². The van der Waals surface area contributed by atoms with Gasteiger partial charge in [-0.3, -0.25) is 4.79 Å². The van der Waals surface area contributed by atoms with Crippen LogP contribution in [-0.4, -0.2) is 22.1 Å². The summed E-state index contributed by atoms with van der Waals surface area (Å²) in [4.78, 5) is 14.3. The van der Waals surface area contributed by atoms with Crippen LogP contribution in [0.2, 0.25) is 0 Å². The van der Waals surface area contributed by atoms with Gasteiger partial charge in [0, 0.05) is 12.5 Å². The zero-order valence-corrected chi connectivity index (χ0v) is 8.97. The summed E-state index contributed by atoms with van der Waals surface area (Å²) in [5.41, 5.74) is 1.15. The van der Waals surface area contributed by atoms with Crippen LogP contribution >= 0.6 is 0 Å². The maximum atomic E-state index is 10.4. The number of nitrogens with one attached hydrogen (secondary N) is 1. The molecule has 1 heterocycles. The van der Waals surface area contributed by atoms with Crippen LogP contribution in [0.25, 0.3) is 0 Å². The zero-order chi connectivity index (χ0) is 12.0. The van der Waals surface area contributed by atoms with Crippen LogP contribution in [0.5, 0.6) is 0 Å². The second kappa shape index (κ2) is 5.71. The fourth-order valence-electron chi connectivity index (χ4n) is 1.24. The minimum atomic E-state index is -0.799. The van der Waals surface area contributed by atoms with Gasteiger partial charge in [-0.1, -0.05) is 0 Å². The Morgan fingerprint density at radius 3 is 2.94 bits per heavy atom. The summed E-state index contributed by atoms with van der Waals surface area (Å²) in [6.07, 6.45) is 2.25. The van der Waals surface area contributed by atoms with Crippen molar-refractivity contribution in [2.75, 3.05) is 5.32 Å². The molecule has 1 aromatic heterocycles. The number of carboxylic acid groups (broad SMARTS) is 1. The van der Waals surface area contributed by atoms with Crippen molar-refractivity contribution < 1.29 is 9.90 Å². The summed E-state index contributed by atoms with van der Waals surface area (Å²) in [7, 11) is 0. The van der Waals surface area contributed by atoms with Gasteiger partial charge in [0.2, 0.25) is 0 Å². The maximum Gasteiger partial charge on any atom is 0.303 e. The van der Waals surface area contributed by atoms with Crippen LogP contribution < -0.4 is 5.32 Å². The minimum absolute atomic E-state index is 0.0610. The average molecular weight is 219 g/mol. The first kappa shape index (κ1) is 12.0. The smallest absolute Gasteiger partial charge is 0.303 e. The van der Waals surface area contributed by atoms with Crippen LogP contribution in [0.4, 0.5) is 5.69 Å². The van der Waals surface area contributed by atoms with Gasteiger partial charge in [0.1, 0.15) is 11.8 Å². The van der Waals surface area contributed by atoms with Crippen LogP contribution in [0.3, 0.4) is 0 Å². The number of hydrogen-bond acceptors (Lipinski definition) is 4. The molecule has 0 aliphatic rings. The summed E-state index contributed by atoms with van der Waals surface area (Å²) in [6, 6.07) is 5.36. The van der Waals surface area contributed by atoms with Crippen LogP contribution in [0.1, 0.15) is 25.5 Å². The lowest BCUT2D eigenvalue weighted by Crippen LogP contribution is -2.16. The molecular formula is C11H13N3O2. The van der Waals surface area contributed by atoms with Crippen molar-refractivity contribution in [2.45, 2.75) is 25.8 Å². The lowest BCUT2D eigenvalue weighted by Gasteiger charge is -2.13. The van der Waals surface area contributed by atoms with Crippen molar-refractivity contribution in [1.82, 2.24) is 4.98 Å². The van der Waals surface area contributed by atoms with Crippen LogP contribution in [0, 0.1) is 11.3 Å². The first-order valence-corrected chi connectivity index (χ1v) is 4.96. The topological polar surface area (TPSA) is 86.0 Å². The van der Waals surface area contributed by atoms with Crippen molar-refractivity contribution in [3.63, 3.8) is 0 Å². The standard InChI is InChI=1S/C11H13N3O2/c1-8(2-5-11(15)16)14-10-4-3-9(6-12)13-7-10/h3-4,7-8,14H,2,5H2,1H3,(H,15,16). The largest absolute Gasteiger partial charge is 0.481 e. The normalized spacial score (nSPS) is 11.5. The van der Waals surface area contributed by atoms with Crippen molar-refractivity contribution >= 4 is 11.7 Å². The molecule has 0 amide bonds. The van der Waals surface area contributed by atoms with Crippen molar-refractivity contribution in [1.29, 1.82) is 5.26 Å². The molecule has 0 radical (unpaired) electrons. The van der Waals surface area contributed by atoms with E-state index in [-0.39, 0.29) is 12.5 Å². The number of aromatic nitrogens is 1. The Kier molecular flexibility index (Phi) is 4.28. The Labute approximate surface area is 93.7 Å². The third kappa shape index (κ3) is 3.96. The highest BCUT2D eigenvalue weighted by atomic mass is 16.4. The van der Waals surface area contributed by atoms with E-state index in [4.69, 9.17) is 10.4 Å². The van der Waals surface area contributed by atoms with Gasteiger partial charge in [-0.2, -0.15) is 5.26 Å². The first-order valence-electron chi connectivity index (χ1n) is 4.96. The molecule has 1 rings (SSSR count). The number of carbonyl (C=O) groups is 1. The second-order valence-corrected chi connectivity index (χ2v) is 3.52. The Morgan fingerprint density at radius 1 is 1.69 bits per heavy atom. The molecule has 1 atom stereocenters. The lowest BCUT2D eigenvalue weighted by atomic mass is 10.2. The first-order chi connectivity index (χ1) is 7.61. The lowest BCUT2D eigenvalue weighted by molar-refractivity contribution is -0.137. The molecule has 0 bridgehead atoms. The van der Waals surface area contributed by atoms with Gasteiger partial charge in [-0.15, -0.1) is 0 Å². The van der Waals surface area contributed by atoms with E-state index in [9.17, 15) is 4.79 Å². The van der Waals surface area contributed by atoms with Crippen LogP contribution in [0.15, 0.2) is 18.3 Å². The summed E-state index contributed by atoms with van der Waals surface area (Å²) in [6.45, 7) is 1.90. The average Bonchev–Trinajstić information content (AvgIpc) is 2.27. The summed E-state index contributed by atoms with van der Waals surface area (Å²) < 4.78 is 0. The van der Waals surface area contributed by atoms with Crippen molar-refractivity contribution in [2.24, 2.45) is 0 Å². The van der Waals surface area contributed by atoms with E-state index in [0.29, 0.717) is 12.1 Å². The molecule has 0 saturated heterocycles. The molecule has 0 aromatic carbocycles. The van der Waals surface area contributed by atoms with Gasteiger partial charge in [0.25, 0.3) is 0 Å². The van der Waals surface area contributed by atoms with E-state index in [0.717, 1.165) is 5.69 Å². The molecule has 0 aliphatic heterocycles. The van der Waals surface area contributed by atoms with Gasteiger partial charge in [-0.25, -0.2) is 4.98 Å². The minimum Gasteiger partial charge on any atom is -0.481 e. The van der Waals surface area contributed by atoms with E-state index in [1.807, 2.05) is 13.0 Å². The Balaban J connectivity index is 2.47. The van der Waals surface area contributed by atoms with Gasteiger partial charge >= 0.3 is 5.97 Å². The van der Waals surface area contributed by atoms with E-state index in [2.05, 4.69) is 10.3 Å². The highest BCUT2D eigenvalue weighted by Gasteiger charge is 2.05. The fourth-order valence-corrected chi connectivity index (χ4v) is 1.24. The molecule has 5 nitrogen and oxygen atoms in total. The Bertz CT molecular complexity index is 395. The van der Waals surface area contributed by atoms with Gasteiger partial charge < -0.3 is 10.4 Å².